The van der Waals surface area contributed by atoms with Crippen molar-refractivity contribution in [1.82, 2.24) is 4.90 Å². The Morgan fingerprint density at radius 1 is 1.08 bits per heavy atom. The minimum Gasteiger partial charge on any atom is -0.395 e. The summed E-state index contributed by atoms with van der Waals surface area (Å²) in [4.78, 5) is 18.4. The average Bonchev–Trinajstić information content (AvgIpc) is 3.39. The molecule has 3 saturated carbocycles. The first kappa shape index (κ1) is 25.9. The van der Waals surface area contributed by atoms with Gasteiger partial charge in [0.1, 0.15) is 0 Å². The van der Waals surface area contributed by atoms with Gasteiger partial charge in [-0.25, -0.2) is 0 Å². The highest BCUT2D eigenvalue weighted by molar-refractivity contribution is 7.14. The predicted octanol–water partition coefficient (Wildman–Crippen LogP) is 4.75. The van der Waals surface area contributed by atoms with Crippen LogP contribution in [-0.4, -0.2) is 64.5 Å². The van der Waals surface area contributed by atoms with Gasteiger partial charge in [-0.05, 0) is 88.3 Å². The van der Waals surface area contributed by atoms with Crippen molar-refractivity contribution < 1.29 is 20.1 Å². The number of hydrogen-bond donors (Lipinski definition) is 3. The van der Waals surface area contributed by atoms with Crippen molar-refractivity contribution in [2.75, 3.05) is 26.7 Å². The molecule has 202 valence electrons. The first-order chi connectivity index (χ1) is 17.4. The summed E-state index contributed by atoms with van der Waals surface area (Å²) in [6.07, 6.45) is 12.7. The molecule has 6 aliphatic rings. The lowest BCUT2D eigenvalue weighted by Crippen LogP contribution is -2.67. The van der Waals surface area contributed by atoms with Crippen molar-refractivity contribution in [3.8, 4) is 0 Å². The Labute approximate surface area is 225 Å². The van der Waals surface area contributed by atoms with Crippen LogP contribution < -0.4 is 0 Å². The van der Waals surface area contributed by atoms with Gasteiger partial charge in [-0.2, -0.15) is 0 Å². The molecular weight excluding hydrogens is 482 g/mol. The third-order valence-corrected chi connectivity index (χ3v) is 12.9. The number of Topliss-reactive ketones (excluding diaryl/α,β-unsaturated/α-hetero) is 1. The molecule has 1 heterocycles. The maximum absolute atomic E-state index is 14.4. The fourth-order valence-electron chi connectivity index (χ4n) is 9.98. The average molecular weight is 526 g/mol. The Bertz CT molecular complexity index is 1170. The van der Waals surface area contributed by atoms with Gasteiger partial charge in [0.15, 0.2) is 5.78 Å². The van der Waals surface area contributed by atoms with Crippen molar-refractivity contribution in [3.05, 3.63) is 45.7 Å². The van der Waals surface area contributed by atoms with Gasteiger partial charge in [0, 0.05) is 39.8 Å². The SMILES string of the molecule is Cc1ccc(C(=O)C2=CC34C=CC25C(CCC2(C)C5CCC2(O)CN(C)CCO)C3(C)CCC(O)C4)s1. The first-order valence-electron chi connectivity index (χ1n) is 14.2. The summed E-state index contributed by atoms with van der Waals surface area (Å²) in [6.45, 7) is 7.91. The molecule has 2 bridgehead atoms. The monoisotopic (exact) mass is 525 g/mol. The van der Waals surface area contributed by atoms with Crippen LogP contribution >= 0.6 is 11.3 Å². The number of ketones is 1. The lowest BCUT2D eigenvalue weighted by molar-refractivity contribution is -0.175. The third-order valence-electron chi connectivity index (χ3n) is 11.9. The van der Waals surface area contributed by atoms with E-state index >= 15 is 0 Å². The van der Waals surface area contributed by atoms with Crippen LogP contribution in [0.15, 0.2) is 35.9 Å². The molecule has 3 N–H and O–H groups in total. The summed E-state index contributed by atoms with van der Waals surface area (Å²) in [6, 6.07) is 4.01. The molecule has 1 aromatic rings. The number of carbonyl (C=O) groups excluding carboxylic acids is 1. The van der Waals surface area contributed by atoms with E-state index < -0.39 is 11.0 Å². The molecule has 0 saturated heterocycles. The maximum Gasteiger partial charge on any atom is 0.199 e. The zero-order valence-electron chi connectivity index (χ0n) is 22.8. The summed E-state index contributed by atoms with van der Waals surface area (Å²) in [5, 5.41) is 32.5. The zero-order valence-corrected chi connectivity index (χ0v) is 23.6. The molecule has 3 fully saturated rings. The number of carbonyl (C=O) groups is 1. The lowest BCUT2D eigenvalue weighted by atomic mass is 9.32. The molecule has 0 amide bonds. The Kier molecular flexibility index (Phi) is 5.85. The van der Waals surface area contributed by atoms with Gasteiger partial charge < -0.3 is 20.2 Å². The van der Waals surface area contributed by atoms with Crippen molar-refractivity contribution in [2.24, 2.45) is 33.5 Å². The molecule has 0 radical (unpaired) electrons. The smallest absolute Gasteiger partial charge is 0.199 e. The van der Waals surface area contributed by atoms with Crippen LogP contribution in [0.1, 0.15) is 73.3 Å². The standard InChI is InChI=1S/C31H43NO4S/c1-20-5-6-23(37-20)26(35)22-18-29-13-14-31(22)24(27(29,2)10-7-21(34)17-29)8-11-28(3)25(31)9-12-30(28,36)19-32(4)15-16-33/h5-6,13-14,18,21,24-25,33-34,36H,7-12,15-17,19H2,1-4H3. The summed E-state index contributed by atoms with van der Waals surface area (Å²) in [5.41, 5.74) is -0.967. The van der Waals surface area contributed by atoms with Crippen LogP contribution in [0, 0.1) is 40.4 Å². The number of aliphatic hydroxyl groups is 3. The Morgan fingerprint density at radius 3 is 2.49 bits per heavy atom. The fourth-order valence-corrected chi connectivity index (χ4v) is 10.8. The molecule has 5 nitrogen and oxygen atoms in total. The van der Waals surface area contributed by atoms with Crippen molar-refractivity contribution >= 4 is 17.1 Å². The Balaban J connectivity index is 1.51. The maximum atomic E-state index is 14.4. The number of aliphatic hydroxyl groups excluding tert-OH is 2. The van der Waals surface area contributed by atoms with Crippen LogP contribution in [0.25, 0.3) is 0 Å². The first-order valence-corrected chi connectivity index (χ1v) is 15.0. The highest BCUT2D eigenvalue weighted by Gasteiger charge is 2.74. The second-order valence-electron chi connectivity index (χ2n) is 13.5. The number of fused-ring (bicyclic) bond motifs is 1. The van der Waals surface area contributed by atoms with E-state index in [1.165, 1.54) is 0 Å². The molecule has 6 heteroatoms. The van der Waals surface area contributed by atoms with E-state index in [1.807, 2.05) is 19.2 Å². The Morgan fingerprint density at radius 2 is 1.78 bits per heavy atom. The predicted molar refractivity (Wildman–Crippen MR) is 147 cm³/mol. The second kappa shape index (κ2) is 8.34. The number of thiophene rings is 1. The number of rotatable bonds is 6. The van der Waals surface area contributed by atoms with Crippen LogP contribution in [0.3, 0.4) is 0 Å². The zero-order chi connectivity index (χ0) is 26.4. The lowest BCUT2D eigenvalue weighted by Gasteiger charge is -2.71. The van der Waals surface area contributed by atoms with Gasteiger partial charge in [-0.1, -0.05) is 32.1 Å². The number of nitrogens with zero attached hydrogens (tertiary/aromatic N) is 1. The summed E-state index contributed by atoms with van der Waals surface area (Å²) in [7, 11) is 1.98. The van der Waals surface area contributed by atoms with Gasteiger partial charge in [0.25, 0.3) is 0 Å². The van der Waals surface area contributed by atoms with Crippen LogP contribution in [0.2, 0.25) is 0 Å². The number of hydrogen-bond acceptors (Lipinski definition) is 6. The van der Waals surface area contributed by atoms with Crippen LogP contribution in [0.5, 0.6) is 0 Å². The van der Waals surface area contributed by atoms with Gasteiger partial charge in [0.2, 0.25) is 0 Å². The van der Waals surface area contributed by atoms with E-state index in [1.54, 1.807) is 11.3 Å². The van der Waals surface area contributed by atoms with Gasteiger partial charge in [-0.3, -0.25) is 4.79 Å². The summed E-state index contributed by atoms with van der Waals surface area (Å²) in [5.74, 6) is 0.630. The minimum absolute atomic E-state index is 0.00809. The van der Waals surface area contributed by atoms with E-state index in [9.17, 15) is 20.1 Å². The van der Waals surface area contributed by atoms with E-state index in [4.69, 9.17) is 0 Å². The molecule has 37 heavy (non-hydrogen) atoms. The topological polar surface area (TPSA) is 81.0 Å². The van der Waals surface area contributed by atoms with E-state index in [2.05, 4.69) is 43.9 Å². The van der Waals surface area contributed by atoms with Gasteiger partial charge in [0.05, 0.1) is 23.2 Å². The summed E-state index contributed by atoms with van der Waals surface area (Å²) < 4.78 is 0. The largest absolute Gasteiger partial charge is 0.395 e. The molecule has 8 atom stereocenters. The molecule has 2 spiro atoms. The van der Waals surface area contributed by atoms with Gasteiger partial charge >= 0.3 is 0 Å². The van der Waals surface area contributed by atoms with Crippen LogP contribution in [0.4, 0.5) is 0 Å². The highest BCUT2D eigenvalue weighted by Crippen LogP contribution is 2.78. The number of allylic oxidation sites excluding steroid dienone is 4. The quantitative estimate of drug-likeness (QED) is 0.369. The van der Waals surface area contributed by atoms with Crippen LogP contribution in [-0.2, 0) is 0 Å². The molecule has 1 aromatic heterocycles. The van der Waals surface area contributed by atoms with E-state index in [-0.39, 0.29) is 40.7 Å². The molecule has 0 aromatic carbocycles. The molecule has 0 aliphatic heterocycles. The van der Waals surface area contributed by atoms with E-state index in [0.29, 0.717) is 31.8 Å². The second-order valence-corrected chi connectivity index (χ2v) is 14.8. The highest BCUT2D eigenvalue weighted by atomic mass is 32.1. The van der Waals surface area contributed by atoms with E-state index in [0.717, 1.165) is 47.4 Å². The minimum atomic E-state index is -0.863. The van der Waals surface area contributed by atoms with Gasteiger partial charge in [-0.15, -0.1) is 11.3 Å². The van der Waals surface area contributed by atoms with Crippen molar-refractivity contribution in [3.63, 3.8) is 0 Å². The third kappa shape index (κ3) is 3.26. The summed E-state index contributed by atoms with van der Waals surface area (Å²) >= 11 is 1.57. The Hall–Kier alpha value is -1.31. The number of likely N-dealkylation sites (N-methyl/N-ethyl adjacent to an activating group) is 1. The molecule has 8 unspecified atom stereocenters. The normalized spacial score (nSPS) is 45.9. The molecule has 6 aliphatic carbocycles. The van der Waals surface area contributed by atoms with Crippen molar-refractivity contribution in [1.29, 1.82) is 0 Å². The molecule has 7 rings (SSSR count). The molecular formula is C31H43NO4S. The van der Waals surface area contributed by atoms with Crippen molar-refractivity contribution in [2.45, 2.75) is 77.4 Å². The fraction of sp³-hybridized carbons (Fsp3) is 0.710. The number of aryl methyl sites for hydroxylation is 1.